The normalized spacial score (nSPS) is 25.1. The maximum absolute atomic E-state index is 14.5. The number of hydrogen-bond donors (Lipinski definition) is 3. The second kappa shape index (κ2) is 10.1. The first-order valence-electron chi connectivity index (χ1n) is 11.7. The minimum absolute atomic E-state index is 0.00136. The number of methoxy groups -OCH3 is 1. The lowest BCUT2D eigenvalue weighted by Crippen LogP contribution is -2.39. The molecule has 0 unspecified atom stereocenters. The molecule has 1 aliphatic carbocycles. The number of aromatic nitrogens is 2. The van der Waals surface area contributed by atoms with E-state index in [1.807, 2.05) is 6.07 Å². The number of nitrogens with zero attached hydrogens (tertiary/aromatic N) is 3. The number of likely N-dealkylation sites (tertiary alicyclic amines) is 1. The maximum Gasteiger partial charge on any atom is 0.165 e. The van der Waals surface area contributed by atoms with Crippen LogP contribution in [0.15, 0.2) is 36.7 Å². The van der Waals surface area contributed by atoms with Gasteiger partial charge in [0.15, 0.2) is 17.3 Å². The molecule has 0 spiro atoms. The highest BCUT2D eigenvalue weighted by molar-refractivity contribution is 6.31. The van der Waals surface area contributed by atoms with Gasteiger partial charge < -0.3 is 25.0 Å². The molecule has 2 heterocycles. The maximum atomic E-state index is 14.5. The largest absolute Gasteiger partial charge is 0.493 e. The number of hydrogen-bond acceptors (Lipinski definition) is 8. The molecule has 2 aliphatic rings. The SMILES string of the molecule is COc1cc2ncnc(Nc3cccc(Cl)c3F)c2cc1O[C@H]1CC[C@@H](N2C[C@H](O)[C@@H](O)C2)CC1. The first-order valence-corrected chi connectivity index (χ1v) is 12.1. The third-order valence-corrected chi connectivity index (χ3v) is 7.16. The third kappa shape index (κ3) is 4.99. The standard InChI is InChI=1S/C25H28ClFN4O4/c1-34-22-10-19-16(25(29-13-28-19)30-18-4-2-3-17(26)24(18)27)9-23(22)35-15-7-5-14(6-8-15)31-11-20(32)21(33)12-31/h2-4,9-10,13-15,20-21,32-33H,5-8,11-12H2,1H3,(H,28,29,30)/t14-,15+,20-,21-/m0/s1. The first kappa shape index (κ1) is 24.0. The van der Waals surface area contributed by atoms with E-state index in [0.717, 1.165) is 25.7 Å². The van der Waals surface area contributed by atoms with Crippen molar-refractivity contribution in [1.29, 1.82) is 0 Å². The number of benzene rings is 2. The van der Waals surface area contributed by atoms with Crippen molar-refractivity contribution in [3.05, 3.63) is 47.5 Å². The van der Waals surface area contributed by atoms with Crippen molar-refractivity contribution in [2.45, 2.75) is 50.0 Å². The van der Waals surface area contributed by atoms with Crippen molar-refractivity contribution < 1.29 is 24.1 Å². The third-order valence-electron chi connectivity index (χ3n) is 6.87. The monoisotopic (exact) mass is 502 g/mol. The van der Waals surface area contributed by atoms with Crippen LogP contribution < -0.4 is 14.8 Å². The summed E-state index contributed by atoms with van der Waals surface area (Å²) in [5, 5.41) is 23.4. The summed E-state index contributed by atoms with van der Waals surface area (Å²) in [4.78, 5) is 10.8. The van der Waals surface area contributed by atoms with Crippen LogP contribution in [0.3, 0.4) is 0 Å². The second-order valence-electron chi connectivity index (χ2n) is 9.11. The Morgan fingerprint density at radius 3 is 2.51 bits per heavy atom. The van der Waals surface area contributed by atoms with Gasteiger partial charge in [-0.15, -0.1) is 0 Å². The number of rotatable bonds is 6. The van der Waals surface area contributed by atoms with Crippen molar-refractivity contribution in [3.63, 3.8) is 0 Å². The Labute approximate surface area is 207 Å². The topological polar surface area (TPSA) is 100.0 Å². The summed E-state index contributed by atoms with van der Waals surface area (Å²) in [6, 6.07) is 8.67. The van der Waals surface area contributed by atoms with E-state index in [1.54, 1.807) is 25.3 Å². The summed E-state index contributed by atoms with van der Waals surface area (Å²) in [6.45, 7) is 1.03. The van der Waals surface area contributed by atoms with Crippen LogP contribution in [0.1, 0.15) is 25.7 Å². The Morgan fingerprint density at radius 1 is 1.06 bits per heavy atom. The highest BCUT2D eigenvalue weighted by Crippen LogP contribution is 2.38. The number of fused-ring (bicyclic) bond motifs is 1. The van der Waals surface area contributed by atoms with Crippen LogP contribution in [0.5, 0.6) is 11.5 Å². The molecule has 5 rings (SSSR count). The fourth-order valence-electron chi connectivity index (χ4n) is 4.95. The van der Waals surface area contributed by atoms with Gasteiger partial charge in [-0.3, -0.25) is 4.90 Å². The molecular formula is C25H28ClFN4O4. The smallest absolute Gasteiger partial charge is 0.165 e. The molecular weight excluding hydrogens is 475 g/mol. The van der Waals surface area contributed by atoms with Crippen molar-refractivity contribution in [3.8, 4) is 11.5 Å². The molecule has 2 aromatic carbocycles. The molecule has 1 aromatic heterocycles. The van der Waals surface area contributed by atoms with Crippen molar-refractivity contribution in [2.75, 3.05) is 25.5 Å². The van der Waals surface area contributed by atoms with E-state index < -0.39 is 18.0 Å². The quantitative estimate of drug-likeness (QED) is 0.466. The summed E-state index contributed by atoms with van der Waals surface area (Å²) in [7, 11) is 1.58. The van der Waals surface area contributed by atoms with Crippen LogP contribution in [0, 0.1) is 5.82 Å². The van der Waals surface area contributed by atoms with E-state index in [9.17, 15) is 14.6 Å². The average Bonchev–Trinajstić information content (AvgIpc) is 3.20. The summed E-state index contributed by atoms with van der Waals surface area (Å²) in [5.74, 6) is 1.00. The molecule has 35 heavy (non-hydrogen) atoms. The van der Waals surface area contributed by atoms with Gasteiger partial charge in [-0.05, 0) is 43.9 Å². The lowest BCUT2D eigenvalue weighted by Gasteiger charge is -2.34. The zero-order valence-electron chi connectivity index (χ0n) is 19.3. The van der Waals surface area contributed by atoms with Crippen LogP contribution in [-0.2, 0) is 0 Å². The summed E-state index contributed by atoms with van der Waals surface area (Å²) >= 11 is 5.93. The van der Waals surface area contributed by atoms with E-state index in [0.29, 0.717) is 47.4 Å². The Morgan fingerprint density at radius 2 is 1.80 bits per heavy atom. The van der Waals surface area contributed by atoms with Gasteiger partial charge in [0.1, 0.15) is 12.1 Å². The number of ether oxygens (including phenoxy) is 2. The molecule has 186 valence electrons. The Kier molecular flexibility index (Phi) is 6.93. The molecule has 2 fully saturated rings. The van der Waals surface area contributed by atoms with E-state index in [4.69, 9.17) is 21.1 Å². The van der Waals surface area contributed by atoms with Crippen LogP contribution in [-0.4, -0.2) is 69.6 Å². The summed E-state index contributed by atoms with van der Waals surface area (Å²) in [5.41, 5.74) is 0.843. The van der Waals surface area contributed by atoms with Crippen molar-refractivity contribution in [1.82, 2.24) is 14.9 Å². The predicted molar refractivity (Wildman–Crippen MR) is 131 cm³/mol. The number of nitrogens with one attached hydrogen (secondary N) is 1. The van der Waals surface area contributed by atoms with Crippen LogP contribution in [0.2, 0.25) is 5.02 Å². The average molecular weight is 503 g/mol. The minimum Gasteiger partial charge on any atom is -0.493 e. The molecule has 1 saturated carbocycles. The number of anilines is 2. The molecule has 1 saturated heterocycles. The van der Waals surface area contributed by atoms with Gasteiger partial charge in [-0.1, -0.05) is 17.7 Å². The molecule has 1 aliphatic heterocycles. The zero-order valence-corrected chi connectivity index (χ0v) is 20.1. The Balaban J connectivity index is 1.34. The fourth-order valence-corrected chi connectivity index (χ4v) is 5.12. The van der Waals surface area contributed by atoms with E-state index in [-0.39, 0.29) is 16.8 Å². The molecule has 8 nitrogen and oxygen atoms in total. The van der Waals surface area contributed by atoms with E-state index in [1.165, 1.54) is 12.4 Å². The fraction of sp³-hybridized carbons (Fsp3) is 0.440. The van der Waals surface area contributed by atoms with E-state index in [2.05, 4.69) is 20.2 Å². The van der Waals surface area contributed by atoms with Crippen molar-refractivity contribution >= 4 is 34.0 Å². The van der Waals surface area contributed by atoms with Crippen molar-refractivity contribution in [2.24, 2.45) is 0 Å². The molecule has 2 atom stereocenters. The van der Waals surface area contributed by atoms with Gasteiger partial charge in [0, 0.05) is 30.6 Å². The Bertz CT molecular complexity index is 1200. The highest BCUT2D eigenvalue weighted by Gasteiger charge is 2.36. The van der Waals surface area contributed by atoms with Crippen LogP contribution in [0.25, 0.3) is 10.9 Å². The number of halogens is 2. The molecule has 3 aromatic rings. The molecule has 0 bridgehead atoms. The molecule has 0 radical (unpaired) electrons. The lowest BCUT2D eigenvalue weighted by molar-refractivity contribution is 0.0572. The number of aliphatic hydroxyl groups is 2. The van der Waals surface area contributed by atoms with E-state index >= 15 is 0 Å². The predicted octanol–water partition coefficient (Wildman–Crippen LogP) is 3.90. The van der Waals surface area contributed by atoms with Crippen LogP contribution in [0.4, 0.5) is 15.9 Å². The van der Waals surface area contributed by atoms with Gasteiger partial charge >= 0.3 is 0 Å². The summed E-state index contributed by atoms with van der Waals surface area (Å²) in [6.07, 6.45) is 3.60. The summed E-state index contributed by atoms with van der Waals surface area (Å²) < 4.78 is 26.4. The first-order chi connectivity index (χ1) is 16.9. The zero-order chi connectivity index (χ0) is 24.5. The van der Waals surface area contributed by atoms with Gasteiger partial charge in [0.2, 0.25) is 0 Å². The van der Waals surface area contributed by atoms with Crippen LogP contribution >= 0.6 is 11.6 Å². The van der Waals surface area contributed by atoms with Gasteiger partial charge in [-0.2, -0.15) is 0 Å². The molecule has 10 heteroatoms. The van der Waals surface area contributed by atoms with Gasteiger partial charge in [0.25, 0.3) is 0 Å². The number of aliphatic hydroxyl groups excluding tert-OH is 2. The second-order valence-corrected chi connectivity index (χ2v) is 9.51. The minimum atomic E-state index is -0.670. The Hall–Kier alpha value is -2.72. The van der Waals surface area contributed by atoms with Gasteiger partial charge in [0.05, 0.1) is 41.6 Å². The number of β-amino-alcohol motifs (C(OH)–C–C–N with tert-alkyl or cyclic N) is 2. The molecule has 0 amide bonds. The van der Waals surface area contributed by atoms with Gasteiger partial charge in [-0.25, -0.2) is 14.4 Å². The highest BCUT2D eigenvalue weighted by atomic mass is 35.5. The molecule has 3 N–H and O–H groups in total. The lowest BCUT2D eigenvalue weighted by atomic mass is 9.92.